The first kappa shape index (κ1) is 15.9. The number of amides is 1. The molecule has 0 radical (unpaired) electrons. The smallest absolute Gasteiger partial charge is 0.328 e. The lowest BCUT2D eigenvalue weighted by atomic mass is 10.3. The minimum absolute atomic E-state index is 0.0571. The number of nitrogens with zero attached hydrogens (tertiary/aromatic N) is 4. The minimum atomic E-state index is -0.513. The van der Waals surface area contributed by atoms with Crippen molar-refractivity contribution in [2.24, 2.45) is 0 Å². The molecule has 1 atom stereocenters. The quantitative estimate of drug-likeness (QED) is 0.783. The van der Waals surface area contributed by atoms with E-state index in [1.54, 1.807) is 17.3 Å². The maximum atomic E-state index is 12.2. The van der Waals surface area contributed by atoms with Crippen molar-refractivity contribution in [3.05, 3.63) is 51.7 Å². The van der Waals surface area contributed by atoms with E-state index in [9.17, 15) is 14.4 Å². The Morgan fingerprint density at radius 3 is 3.00 bits per heavy atom. The van der Waals surface area contributed by atoms with Crippen molar-refractivity contribution in [2.45, 2.75) is 25.5 Å². The van der Waals surface area contributed by atoms with Gasteiger partial charge in [0, 0.05) is 50.6 Å². The second kappa shape index (κ2) is 7.07. The number of H-pyrrole nitrogens is 1. The number of aryl methyl sites for hydroxylation is 1. The number of rotatable bonds is 5. The molecule has 3 heterocycles. The SMILES string of the molecule is O=C(CCn1ccc(=O)[nH]c1=O)N1CCC(Oc2cnccn2)C1. The molecule has 0 bridgehead atoms. The monoisotopic (exact) mass is 331 g/mol. The number of aromatic nitrogens is 4. The van der Waals surface area contributed by atoms with Gasteiger partial charge in [-0.3, -0.25) is 19.6 Å². The Bertz CT molecular complexity index is 816. The number of hydrogen-bond donors (Lipinski definition) is 1. The first-order chi connectivity index (χ1) is 11.6. The average molecular weight is 331 g/mol. The lowest BCUT2D eigenvalue weighted by molar-refractivity contribution is -0.130. The summed E-state index contributed by atoms with van der Waals surface area (Å²) in [6, 6.07) is 1.26. The van der Waals surface area contributed by atoms with E-state index in [0.717, 1.165) is 6.42 Å². The normalized spacial score (nSPS) is 17.0. The number of aromatic amines is 1. The van der Waals surface area contributed by atoms with Gasteiger partial charge in [0.15, 0.2) is 0 Å². The molecule has 2 aromatic rings. The van der Waals surface area contributed by atoms with Gasteiger partial charge < -0.3 is 14.2 Å². The van der Waals surface area contributed by atoms with Crippen LogP contribution in [0.15, 0.2) is 40.4 Å². The molecule has 126 valence electrons. The van der Waals surface area contributed by atoms with Gasteiger partial charge in [0.2, 0.25) is 11.8 Å². The van der Waals surface area contributed by atoms with Crippen LogP contribution >= 0.6 is 0 Å². The van der Waals surface area contributed by atoms with Crippen molar-refractivity contribution < 1.29 is 9.53 Å². The molecule has 0 spiro atoms. The topological polar surface area (TPSA) is 110 Å². The summed E-state index contributed by atoms with van der Waals surface area (Å²) in [6.45, 7) is 1.31. The van der Waals surface area contributed by atoms with Gasteiger partial charge in [0.1, 0.15) is 6.10 Å². The van der Waals surface area contributed by atoms with Gasteiger partial charge in [-0.15, -0.1) is 0 Å². The Balaban J connectivity index is 1.51. The molecule has 24 heavy (non-hydrogen) atoms. The molecule has 9 heteroatoms. The Labute approximate surface area is 136 Å². The van der Waals surface area contributed by atoms with Gasteiger partial charge >= 0.3 is 5.69 Å². The van der Waals surface area contributed by atoms with Gasteiger partial charge in [-0.1, -0.05) is 0 Å². The molecule has 1 aliphatic rings. The van der Waals surface area contributed by atoms with Crippen molar-refractivity contribution >= 4 is 5.91 Å². The highest BCUT2D eigenvalue weighted by Gasteiger charge is 2.27. The summed E-state index contributed by atoms with van der Waals surface area (Å²) in [5, 5.41) is 0. The van der Waals surface area contributed by atoms with Gasteiger partial charge in [0.05, 0.1) is 12.7 Å². The highest BCUT2D eigenvalue weighted by molar-refractivity contribution is 5.76. The van der Waals surface area contributed by atoms with E-state index >= 15 is 0 Å². The van der Waals surface area contributed by atoms with E-state index in [1.807, 2.05) is 0 Å². The van der Waals surface area contributed by atoms with Crippen molar-refractivity contribution in [2.75, 3.05) is 13.1 Å². The fourth-order valence-electron chi connectivity index (χ4n) is 2.56. The predicted molar refractivity (Wildman–Crippen MR) is 83.6 cm³/mol. The molecule has 9 nitrogen and oxygen atoms in total. The lowest BCUT2D eigenvalue weighted by Gasteiger charge is -2.17. The van der Waals surface area contributed by atoms with Crippen LogP contribution in [0.3, 0.4) is 0 Å². The fraction of sp³-hybridized carbons (Fsp3) is 0.400. The van der Waals surface area contributed by atoms with Crippen LogP contribution in [-0.4, -0.2) is 49.5 Å². The molecule has 0 saturated carbocycles. The maximum absolute atomic E-state index is 12.2. The Hall–Kier alpha value is -2.97. The number of nitrogens with one attached hydrogen (secondary N) is 1. The summed E-state index contributed by atoms with van der Waals surface area (Å²) in [5.74, 6) is 0.384. The molecule has 1 saturated heterocycles. The fourth-order valence-corrected chi connectivity index (χ4v) is 2.56. The number of likely N-dealkylation sites (tertiary alicyclic amines) is 1. The largest absolute Gasteiger partial charge is 0.471 e. The molecule has 0 aromatic carbocycles. The van der Waals surface area contributed by atoms with E-state index in [2.05, 4.69) is 15.0 Å². The Morgan fingerprint density at radius 2 is 2.25 bits per heavy atom. The highest BCUT2D eigenvalue weighted by Crippen LogP contribution is 2.16. The minimum Gasteiger partial charge on any atom is -0.471 e. The van der Waals surface area contributed by atoms with Crippen LogP contribution in [0.5, 0.6) is 5.88 Å². The third-order valence-electron chi connectivity index (χ3n) is 3.79. The molecule has 3 rings (SSSR count). The number of hydrogen-bond acceptors (Lipinski definition) is 6. The van der Waals surface area contributed by atoms with Gasteiger partial charge in [-0.2, -0.15) is 0 Å². The Morgan fingerprint density at radius 1 is 1.38 bits per heavy atom. The van der Waals surface area contributed by atoms with Crippen molar-refractivity contribution in [3.63, 3.8) is 0 Å². The second-order valence-electron chi connectivity index (χ2n) is 5.47. The van der Waals surface area contributed by atoms with E-state index in [1.165, 1.54) is 23.0 Å². The maximum Gasteiger partial charge on any atom is 0.328 e. The molecule has 0 aliphatic carbocycles. The lowest BCUT2D eigenvalue weighted by Crippen LogP contribution is -2.34. The van der Waals surface area contributed by atoms with Crippen LogP contribution in [0.4, 0.5) is 0 Å². The number of ether oxygens (including phenoxy) is 1. The Kier molecular flexibility index (Phi) is 4.69. The summed E-state index contributed by atoms with van der Waals surface area (Å²) in [4.78, 5) is 46.7. The summed E-state index contributed by atoms with van der Waals surface area (Å²) in [5.41, 5.74) is -0.966. The first-order valence-corrected chi connectivity index (χ1v) is 7.62. The molecule has 1 aliphatic heterocycles. The van der Waals surface area contributed by atoms with Gasteiger partial charge in [-0.25, -0.2) is 9.78 Å². The van der Waals surface area contributed by atoms with Crippen molar-refractivity contribution in [3.8, 4) is 5.88 Å². The summed E-state index contributed by atoms with van der Waals surface area (Å²) in [7, 11) is 0. The molecule has 1 fully saturated rings. The summed E-state index contributed by atoms with van der Waals surface area (Å²) >= 11 is 0. The molecule has 2 aromatic heterocycles. The molecule has 1 N–H and O–H groups in total. The van der Waals surface area contributed by atoms with Crippen LogP contribution in [-0.2, 0) is 11.3 Å². The predicted octanol–water partition coefficient (Wildman–Crippen LogP) is -0.603. The molecular formula is C15H17N5O4. The number of carbonyl (C=O) groups excluding carboxylic acids is 1. The number of carbonyl (C=O) groups is 1. The van der Waals surface area contributed by atoms with Crippen LogP contribution < -0.4 is 16.0 Å². The second-order valence-corrected chi connectivity index (χ2v) is 5.47. The van der Waals surface area contributed by atoms with Crippen LogP contribution in [0.1, 0.15) is 12.8 Å². The van der Waals surface area contributed by atoms with E-state index in [-0.39, 0.29) is 25.0 Å². The van der Waals surface area contributed by atoms with E-state index < -0.39 is 11.2 Å². The van der Waals surface area contributed by atoms with Crippen LogP contribution in [0, 0.1) is 0 Å². The molecular weight excluding hydrogens is 314 g/mol. The first-order valence-electron chi connectivity index (χ1n) is 7.62. The zero-order valence-corrected chi connectivity index (χ0v) is 12.9. The average Bonchev–Trinajstić information content (AvgIpc) is 3.03. The molecule has 1 unspecified atom stereocenters. The zero-order valence-electron chi connectivity index (χ0n) is 12.9. The molecule has 1 amide bonds. The van der Waals surface area contributed by atoms with Gasteiger partial charge in [-0.05, 0) is 0 Å². The zero-order chi connectivity index (χ0) is 16.9. The summed E-state index contributed by atoms with van der Waals surface area (Å²) in [6.07, 6.45) is 6.84. The van der Waals surface area contributed by atoms with Crippen molar-refractivity contribution in [1.29, 1.82) is 0 Å². The van der Waals surface area contributed by atoms with Crippen LogP contribution in [0.2, 0.25) is 0 Å². The van der Waals surface area contributed by atoms with Crippen LogP contribution in [0.25, 0.3) is 0 Å². The standard InChI is InChI=1S/C15H17N5O4/c21-12-2-7-19(15(23)18-12)8-3-14(22)20-6-1-11(10-20)24-13-9-16-4-5-17-13/h2,4-5,7,9,11H,1,3,6,8,10H2,(H,18,21,23). The van der Waals surface area contributed by atoms with Gasteiger partial charge in [0.25, 0.3) is 5.56 Å². The third kappa shape index (κ3) is 3.86. The van der Waals surface area contributed by atoms with E-state index in [4.69, 9.17) is 4.74 Å². The summed E-state index contributed by atoms with van der Waals surface area (Å²) < 4.78 is 7.00. The third-order valence-corrected chi connectivity index (χ3v) is 3.79. The highest BCUT2D eigenvalue weighted by atomic mass is 16.5. The van der Waals surface area contributed by atoms with Crippen molar-refractivity contribution in [1.82, 2.24) is 24.4 Å². The van der Waals surface area contributed by atoms with E-state index in [0.29, 0.717) is 19.0 Å².